The van der Waals surface area contributed by atoms with E-state index in [1.165, 1.54) is 0 Å². The fourth-order valence-electron chi connectivity index (χ4n) is 2.81. The minimum atomic E-state index is -5.08. The summed E-state index contributed by atoms with van der Waals surface area (Å²) in [7, 11) is 0. The first kappa shape index (κ1) is 21.3. The smallest absolute Gasteiger partial charge is 0.475 e. The molecule has 1 aliphatic heterocycles. The summed E-state index contributed by atoms with van der Waals surface area (Å²) in [4.78, 5) is 36.8. The van der Waals surface area contributed by atoms with Gasteiger partial charge in [-0.05, 0) is 42.7 Å². The molecule has 1 aliphatic rings. The molecule has 7 nitrogen and oxygen atoms in total. The summed E-state index contributed by atoms with van der Waals surface area (Å²) in [5.74, 6) is -3.49. The Hall–Kier alpha value is -3.01. The number of benzene rings is 1. The Morgan fingerprint density at radius 1 is 1.32 bits per heavy atom. The molecule has 0 aliphatic carbocycles. The number of fused-ring (bicyclic) bond motifs is 1. The number of nitrogens with zero attached hydrogens (tertiary/aromatic N) is 1. The van der Waals surface area contributed by atoms with Crippen LogP contribution in [-0.4, -0.2) is 34.1 Å². The molecule has 1 aromatic heterocycles. The summed E-state index contributed by atoms with van der Waals surface area (Å²) in [6.07, 6.45) is -4.17. The maximum atomic E-state index is 12.0. The van der Waals surface area contributed by atoms with Gasteiger partial charge in [0.1, 0.15) is 0 Å². The molecule has 150 valence electrons. The predicted octanol–water partition coefficient (Wildman–Crippen LogP) is 2.16. The van der Waals surface area contributed by atoms with Crippen molar-refractivity contribution in [3.8, 4) is 0 Å². The lowest BCUT2D eigenvalue weighted by Gasteiger charge is -2.22. The maximum Gasteiger partial charge on any atom is 0.490 e. The monoisotopic (exact) mass is 397 g/mol. The third-order valence-corrected chi connectivity index (χ3v) is 4.20. The summed E-state index contributed by atoms with van der Waals surface area (Å²) in [5.41, 5.74) is 9.31. The number of carbonyl (C=O) groups is 3. The number of nitrogens with one attached hydrogen (secondary N) is 1. The lowest BCUT2D eigenvalue weighted by atomic mass is 9.88. The van der Waals surface area contributed by atoms with Gasteiger partial charge in [0.05, 0.1) is 11.4 Å². The molecule has 2 amide bonds. The van der Waals surface area contributed by atoms with Crippen LogP contribution in [0.5, 0.6) is 0 Å². The molecule has 1 fully saturated rings. The number of carboxylic acid groups (broad SMARTS) is 1. The van der Waals surface area contributed by atoms with Crippen molar-refractivity contribution in [2.45, 2.75) is 38.4 Å². The summed E-state index contributed by atoms with van der Waals surface area (Å²) < 4.78 is 31.7. The average molecular weight is 397 g/mol. The molecule has 2 heterocycles. The number of halogens is 3. The summed E-state index contributed by atoms with van der Waals surface area (Å²) in [6, 6.07) is 7.90. The number of carboxylic acids is 1. The molecule has 0 radical (unpaired) electrons. The first-order chi connectivity index (χ1) is 13.0. The van der Waals surface area contributed by atoms with Crippen LogP contribution in [0, 0.1) is 6.92 Å². The Balaban J connectivity index is 0.000000345. The Morgan fingerprint density at radius 3 is 2.50 bits per heavy atom. The third-order valence-electron chi connectivity index (χ3n) is 4.20. The molecule has 1 saturated heterocycles. The van der Waals surface area contributed by atoms with Gasteiger partial charge in [-0.3, -0.25) is 19.9 Å². The molecule has 28 heavy (non-hydrogen) atoms. The van der Waals surface area contributed by atoms with Crippen molar-refractivity contribution in [2.75, 3.05) is 0 Å². The van der Waals surface area contributed by atoms with Crippen LogP contribution in [0.25, 0.3) is 10.9 Å². The molecular formula is C18H18F3N3O4. The largest absolute Gasteiger partial charge is 0.490 e. The topological polar surface area (TPSA) is 122 Å². The van der Waals surface area contributed by atoms with E-state index in [9.17, 15) is 22.8 Å². The molecule has 10 heteroatoms. The van der Waals surface area contributed by atoms with Crippen LogP contribution in [0.2, 0.25) is 0 Å². The van der Waals surface area contributed by atoms with E-state index in [4.69, 9.17) is 15.6 Å². The van der Waals surface area contributed by atoms with Crippen molar-refractivity contribution in [1.29, 1.82) is 0 Å². The number of piperidine rings is 1. The molecule has 2 aromatic rings. The number of hydrogen-bond donors (Lipinski definition) is 3. The zero-order valence-electron chi connectivity index (χ0n) is 14.8. The van der Waals surface area contributed by atoms with Gasteiger partial charge >= 0.3 is 12.1 Å². The van der Waals surface area contributed by atoms with E-state index < -0.39 is 12.1 Å². The van der Waals surface area contributed by atoms with E-state index in [1.807, 2.05) is 31.2 Å². The summed E-state index contributed by atoms with van der Waals surface area (Å²) in [5, 5.41) is 10.5. The highest BCUT2D eigenvalue weighted by atomic mass is 19.4. The van der Waals surface area contributed by atoms with Gasteiger partial charge in [-0.15, -0.1) is 0 Å². The van der Waals surface area contributed by atoms with Gasteiger partial charge in [0.15, 0.2) is 0 Å². The normalized spacial score (nSPS) is 17.0. The van der Waals surface area contributed by atoms with Crippen LogP contribution in [-0.2, 0) is 20.9 Å². The lowest BCUT2D eigenvalue weighted by Crippen LogP contribution is -2.39. The first-order valence-corrected chi connectivity index (χ1v) is 8.27. The van der Waals surface area contributed by atoms with Crippen molar-refractivity contribution in [2.24, 2.45) is 5.73 Å². The zero-order chi connectivity index (χ0) is 21.1. The van der Waals surface area contributed by atoms with E-state index in [0.29, 0.717) is 19.4 Å². The second-order valence-corrected chi connectivity index (χ2v) is 6.20. The van der Waals surface area contributed by atoms with Gasteiger partial charge in [0.2, 0.25) is 11.8 Å². The van der Waals surface area contributed by atoms with E-state index in [1.54, 1.807) is 0 Å². The number of aliphatic carboxylic acids is 1. The highest BCUT2D eigenvalue weighted by molar-refractivity contribution is 6.01. The number of rotatable bonds is 2. The molecular weight excluding hydrogens is 379 g/mol. The van der Waals surface area contributed by atoms with Crippen LogP contribution in [0.15, 0.2) is 24.3 Å². The summed E-state index contributed by atoms with van der Waals surface area (Å²) >= 11 is 0. The molecule has 0 saturated carbocycles. The van der Waals surface area contributed by atoms with E-state index >= 15 is 0 Å². The molecule has 3 rings (SSSR count). The second-order valence-electron chi connectivity index (χ2n) is 6.20. The van der Waals surface area contributed by atoms with Crippen molar-refractivity contribution in [3.63, 3.8) is 0 Å². The number of pyridine rings is 1. The van der Waals surface area contributed by atoms with Crippen LogP contribution < -0.4 is 11.1 Å². The first-order valence-electron chi connectivity index (χ1n) is 8.27. The van der Waals surface area contributed by atoms with E-state index in [-0.39, 0.29) is 17.7 Å². The predicted molar refractivity (Wildman–Crippen MR) is 93.2 cm³/mol. The SMILES string of the molecule is Cc1nc2ccc(CN)cc2cc1C1CCC(=O)NC1=O.O=C(O)C(F)(F)F. The van der Waals surface area contributed by atoms with Crippen LogP contribution >= 0.6 is 0 Å². The van der Waals surface area contributed by atoms with Crippen molar-refractivity contribution < 1.29 is 32.7 Å². The summed E-state index contributed by atoms with van der Waals surface area (Å²) in [6.45, 7) is 2.37. The van der Waals surface area contributed by atoms with E-state index in [2.05, 4.69) is 10.3 Å². The van der Waals surface area contributed by atoms with Gasteiger partial charge < -0.3 is 10.8 Å². The molecule has 0 bridgehead atoms. The van der Waals surface area contributed by atoms with Gasteiger partial charge in [-0.2, -0.15) is 13.2 Å². The number of carbonyl (C=O) groups excluding carboxylic acids is 2. The van der Waals surface area contributed by atoms with Crippen LogP contribution in [0.3, 0.4) is 0 Å². The van der Waals surface area contributed by atoms with Gasteiger partial charge in [-0.25, -0.2) is 4.79 Å². The Kier molecular flexibility index (Phi) is 6.34. The van der Waals surface area contributed by atoms with Crippen molar-refractivity contribution >= 4 is 28.7 Å². The quantitative estimate of drug-likeness (QED) is 0.668. The second kappa shape index (κ2) is 8.34. The average Bonchev–Trinajstić information content (AvgIpc) is 2.61. The maximum absolute atomic E-state index is 12.0. The number of aromatic nitrogens is 1. The molecule has 1 atom stereocenters. The van der Waals surface area contributed by atoms with Crippen LogP contribution in [0.4, 0.5) is 13.2 Å². The number of imide groups is 1. The Labute approximate surface area is 157 Å². The number of alkyl halides is 3. The Bertz CT molecular complexity index is 928. The zero-order valence-corrected chi connectivity index (χ0v) is 14.8. The number of nitrogens with two attached hydrogens (primary N) is 1. The molecule has 1 unspecified atom stereocenters. The van der Waals surface area contributed by atoms with Gasteiger partial charge in [0, 0.05) is 24.0 Å². The fourth-order valence-corrected chi connectivity index (χ4v) is 2.81. The number of hydrogen-bond acceptors (Lipinski definition) is 5. The fraction of sp³-hybridized carbons (Fsp3) is 0.333. The minimum Gasteiger partial charge on any atom is -0.475 e. The van der Waals surface area contributed by atoms with Crippen LogP contribution in [0.1, 0.15) is 35.6 Å². The molecule has 4 N–H and O–H groups in total. The Morgan fingerprint density at radius 2 is 1.96 bits per heavy atom. The number of aryl methyl sites for hydroxylation is 1. The highest BCUT2D eigenvalue weighted by Gasteiger charge is 2.38. The highest BCUT2D eigenvalue weighted by Crippen LogP contribution is 2.29. The standard InChI is InChI=1S/C16H17N3O2.C2HF3O2/c1-9-13(12-3-5-15(20)19-16(12)21)7-11-6-10(8-17)2-4-14(11)18-9;3-2(4,5)1(6)7/h2,4,6-7,12H,3,5,8,17H2,1H3,(H,19,20,21);(H,6,7). The van der Waals surface area contributed by atoms with Crippen molar-refractivity contribution in [3.05, 3.63) is 41.1 Å². The van der Waals surface area contributed by atoms with E-state index in [0.717, 1.165) is 27.7 Å². The van der Waals surface area contributed by atoms with Gasteiger partial charge in [0.25, 0.3) is 0 Å². The third kappa shape index (κ3) is 5.03. The molecule has 1 aromatic carbocycles. The minimum absolute atomic E-state index is 0.201. The molecule has 0 spiro atoms. The lowest BCUT2D eigenvalue weighted by molar-refractivity contribution is -0.192. The van der Waals surface area contributed by atoms with Crippen molar-refractivity contribution in [1.82, 2.24) is 10.3 Å². The van der Waals surface area contributed by atoms with Gasteiger partial charge in [-0.1, -0.05) is 6.07 Å². The number of amides is 2.